The number of fused-ring (bicyclic) bond motifs is 1. The molecule has 16 heavy (non-hydrogen) atoms. The van der Waals surface area contributed by atoms with E-state index in [1.54, 1.807) is 37.3 Å². The van der Waals surface area contributed by atoms with Crippen LogP contribution in [-0.4, -0.2) is 4.98 Å². The van der Waals surface area contributed by atoms with E-state index in [0.717, 1.165) is 10.9 Å². The Kier molecular flexibility index (Phi) is 2.71. The predicted molar refractivity (Wildman–Crippen MR) is 67.4 cm³/mol. The number of H-pyrrole nitrogens is 1. The molecule has 82 valence electrons. The minimum Gasteiger partial charge on any atom is -0.402 e. The van der Waals surface area contributed by atoms with Gasteiger partial charge in [0.05, 0.1) is 0 Å². The van der Waals surface area contributed by atoms with Crippen LogP contribution in [0.15, 0.2) is 34.8 Å². The van der Waals surface area contributed by atoms with Crippen LogP contribution in [-0.2, 0) is 0 Å². The number of pyridine rings is 1. The van der Waals surface area contributed by atoms with E-state index in [-0.39, 0.29) is 5.56 Å². The molecule has 3 nitrogen and oxygen atoms in total. The Labute approximate surface area is 97.5 Å². The van der Waals surface area contributed by atoms with Crippen molar-refractivity contribution >= 4 is 28.6 Å². The number of allylic oxidation sites excluding steroid dienone is 1. The topological polar surface area (TPSA) is 58.9 Å². The first-order chi connectivity index (χ1) is 7.56. The fourth-order valence-electron chi connectivity index (χ4n) is 1.55. The number of aromatic nitrogens is 1. The average Bonchev–Trinajstić information content (AvgIpc) is 2.19. The van der Waals surface area contributed by atoms with Crippen molar-refractivity contribution in [1.29, 1.82) is 0 Å². The van der Waals surface area contributed by atoms with Crippen LogP contribution in [0.4, 0.5) is 0 Å². The molecule has 0 spiro atoms. The van der Waals surface area contributed by atoms with E-state index < -0.39 is 0 Å². The van der Waals surface area contributed by atoms with Crippen molar-refractivity contribution in [3.05, 3.63) is 50.9 Å². The molecule has 4 heteroatoms. The molecule has 2 rings (SSSR count). The summed E-state index contributed by atoms with van der Waals surface area (Å²) in [6.07, 6.45) is 1.64. The van der Waals surface area contributed by atoms with E-state index in [9.17, 15) is 4.79 Å². The lowest BCUT2D eigenvalue weighted by Gasteiger charge is -2.00. The molecule has 1 aromatic carbocycles. The standard InChI is InChI=1S/C12H11ClN2O/c1-7(14)4-9-5-8-6-10(13)2-3-11(8)15-12(9)16/h2-6H,14H2,1H3,(H,15,16). The molecule has 1 aromatic heterocycles. The quantitative estimate of drug-likeness (QED) is 0.797. The highest BCUT2D eigenvalue weighted by Crippen LogP contribution is 2.17. The van der Waals surface area contributed by atoms with Crippen LogP contribution in [0.2, 0.25) is 5.02 Å². The summed E-state index contributed by atoms with van der Waals surface area (Å²) < 4.78 is 0. The molecule has 1 heterocycles. The van der Waals surface area contributed by atoms with E-state index in [0.29, 0.717) is 16.3 Å². The molecule has 0 aliphatic carbocycles. The molecule has 0 fully saturated rings. The molecule has 0 amide bonds. The molecule has 0 unspecified atom stereocenters. The van der Waals surface area contributed by atoms with Gasteiger partial charge in [-0.25, -0.2) is 0 Å². The Morgan fingerprint density at radius 1 is 1.44 bits per heavy atom. The second kappa shape index (κ2) is 4.02. The minimum atomic E-state index is -0.153. The van der Waals surface area contributed by atoms with Crippen molar-refractivity contribution in [1.82, 2.24) is 4.98 Å². The summed E-state index contributed by atoms with van der Waals surface area (Å²) in [5.41, 5.74) is 7.29. The molecular weight excluding hydrogens is 224 g/mol. The number of nitrogens with two attached hydrogens (primary N) is 1. The summed E-state index contributed by atoms with van der Waals surface area (Å²) >= 11 is 5.88. The van der Waals surface area contributed by atoms with Crippen molar-refractivity contribution in [3.8, 4) is 0 Å². The highest BCUT2D eigenvalue weighted by molar-refractivity contribution is 6.31. The molecule has 0 saturated carbocycles. The lowest BCUT2D eigenvalue weighted by atomic mass is 10.1. The van der Waals surface area contributed by atoms with Gasteiger partial charge in [0.25, 0.3) is 5.56 Å². The van der Waals surface area contributed by atoms with E-state index in [2.05, 4.69) is 4.98 Å². The summed E-state index contributed by atoms with van der Waals surface area (Å²) in [6, 6.07) is 7.10. The molecule has 0 radical (unpaired) electrons. The largest absolute Gasteiger partial charge is 0.402 e. The number of hydrogen-bond acceptors (Lipinski definition) is 2. The summed E-state index contributed by atoms with van der Waals surface area (Å²) in [6.45, 7) is 1.74. The zero-order chi connectivity index (χ0) is 11.7. The normalized spacial score (nSPS) is 12.0. The van der Waals surface area contributed by atoms with E-state index in [1.165, 1.54) is 0 Å². The van der Waals surface area contributed by atoms with Gasteiger partial charge < -0.3 is 10.7 Å². The molecule has 0 saturated heterocycles. The second-order valence-corrected chi connectivity index (χ2v) is 4.11. The number of halogens is 1. The fraction of sp³-hybridized carbons (Fsp3) is 0.0833. The number of benzene rings is 1. The third-order valence-electron chi connectivity index (χ3n) is 2.22. The van der Waals surface area contributed by atoms with Gasteiger partial charge in [-0.1, -0.05) is 11.6 Å². The predicted octanol–water partition coefficient (Wildman–Crippen LogP) is 2.50. The van der Waals surface area contributed by atoms with Crippen LogP contribution < -0.4 is 11.3 Å². The van der Waals surface area contributed by atoms with Crippen molar-refractivity contribution in [2.75, 3.05) is 0 Å². The van der Waals surface area contributed by atoms with Gasteiger partial charge in [0.1, 0.15) is 0 Å². The van der Waals surface area contributed by atoms with Crippen LogP contribution in [0.5, 0.6) is 0 Å². The first-order valence-electron chi connectivity index (χ1n) is 4.82. The van der Waals surface area contributed by atoms with E-state index >= 15 is 0 Å². The van der Waals surface area contributed by atoms with Gasteiger partial charge >= 0.3 is 0 Å². The third-order valence-corrected chi connectivity index (χ3v) is 2.45. The summed E-state index contributed by atoms with van der Waals surface area (Å²) in [7, 11) is 0. The zero-order valence-corrected chi connectivity index (χ0v) is 9.51. The van der Waals surface area contributed by atoms with Crippen LogP contribution in [0.25, 0.3) is 17.0 Å². The third kappa shape index (κ3) is 2.09. The minimum absolute atomic E-state index is 0.153. The van der Waals surface area contributed by atoms with Crippen molar-refractivity contribution < 1.29 is 0 Å². The van der Waals surface area contributed by atoms with Crippen LogP contribution in [0.1, 0.15) is 12.5 Å². The fourth-order valence-corrected chi connectivity index (χ4v) is 1.73. The van der Waals surface area contributed by atoms with Crippen molar-refractivity contribution in [3.63, 3.8) is 0 Å². The summed E-state index contributed by atoms with van der Waals surface area (Å²) in [5, 5.41) is 1.53. The number of nitrogens with one attached hydrogen (secondary N) is 1. The van der Waals surface area contributed by atoms with Gasteiger partial charge in [0, 0.05) is 27.2 Å². The number of hydrogen-bond donors (Lipinski definition) is 2. The number of aromatic amines is 1. The first kappa shape index (κ1) is 10.8. The SMILES string of the molecule is CC(N)=Cc1cc2cc(Cl)ccc2[nH]c1=O. The lowest BCUT2D eigenvalue weighted by molar-refractivity contribution is 1.27. The highest BCUT2D eigenvalue weighted by Gasteiger charge is 2.01. The van der Waals surface area contributed by atoms with Gasteiger partial charge in [-0.05, 0) is 37.3 Å². The van der Waals surface area contributed by atoms with E-state index in [1.807, 2.05) is 0 Å². The molecule has 0 bridgehead atoms. The molecule has 0 aliphatic heterocycles. The van der Waals surface area contributed by atoms with Gasteiger partial charge in [0.2, 0.25) is 0 Å². The van der Waals surface area contributed by atoms with Crippen molar-refractivity contribution in [2.24, 2.45) is 5.73 Å². The molecule has 0 aliphatic rings. The highest BCUT2D eigenvalue weighted by atomic mass is 35.5. The Morgan fingerprint density at radius 2 is 2.19 bits per heavy atom. The molecule has 0 atom stereocenters. The van der Waals surface area contributed by atoms with Crippen molar-refractivity contribution in [2.45, 2.75) is 6.92 Å². The van der Waals surface area contributed by atoms with Crippen LogP contribution in [0, 0.1) is 0 Å². The Morgan fingerprint density at radius 3 is 2.88 bits per heavy atom. The molecule has 3 N–H and O–H groups in total. The zero-order valence-electron chi connectivity index (χ0n) is 8.75. The maximum atomic E-state index is 11.7. The first-order valence-corrected chi connectivity index (χ1v) is 5.20. The van der Waals surface area contributed by atoms with Gasteiger partial charge in [-0.15, -0.1) is 0 Å². The Balaban J connectivity index is 2.74. The monoisotopic (exact) mass is 234 g/mol. The summed E-state index contributed by atoms with van der Waals surface area (Å²) in [4.78, 5) is 14.4. The maximum Gasteiger partial charge on any atom is 0.255 e. The Bertz CT molecular complexity index is 624. The second-order valence-electron chi connectivity index (χ2n) is 3.67. The Hall–Kier alpha value is -1.74. The average molecular weight is 235 g/mol. The number of rotatable bonds is 1. The van der Waals surface area contributed by atoms with E-state index in [4.69, 9.17) is 17.3 Å². The lowest BCUT2D eigenvalue weighted by Crippen LogP contribution is -2.09. The molecular formula is C12H11ClN2O. The van der Waals surface area contributed by atoms with Crippen LogP contribution >= 0.6 is 11.6 Å². The maximum absolute atomic E-state index is 11.7. The van der Waals surface area contributed by atoms with Gasteiger partial charge in [0.15, 0.2) is 0 Å². The van der Waals surface area contributed by atoms with Gasteiger partial charge in [-0.2, -0.15) is 0 Å². The van der Waals surface area contributed by atoms with Crippen LogP contribution in [0.3, 0.4) is 0 Å². The van der Waals surface area contributed by atoms with Gasteiger partial charge in [-0.3, -0.25) is 4.79 Å². The summed E-state index contributed by atoms with van der Waals surface area (Å²) in [5.74, 6) is 0. The smallest absolute Gasteiger partial charge is 0.255 e. The molecule has 2 aromatic rings.